The quantitative estimate of drug-likeness (QED) is 0.778. The summed E-state index contributed by atoms with van der Waals surface area (Å²) in [4.78, 5) is 20.4. The molecule has 1 aliphatic rings. The molecule has 128 valence electrons. The summed E-state index contributed by atoms with van der Waals surface area (Å²) in [5.74, 6) is -1.19. The van der Waals surface area contributed by atoms with Gasteiger partial charge in [0, 0.05) is 16.4 Å². The van der Waals surface area contributed by atoms with Crippen LogP contribution in [0.15, 0.2) is 57.3 Å². The standard InChI is InChI=1S/C17H12BrClFN3O2/c1-8-13(17(24)25)14(10-5-4-9(20)7-11(10)18)23-16(22-8)15-12(19)3-2-6-21-15/h2-7,14H,1H3,(H,22,23)(H,24,25). The first-order valence-electron chi connectivity index (χ1n) is 7.23. The minimum Gasteiger partial charge on any atom is -0.478 e. The molecule has 0 spiro atoms. The van der Waals surface area contributed by atoms with Crippen molar-refractivity contribution in [3.05, 3.63) is 74.4 Å². The van der Waals surface area contributed by atoms with Gasteiger partial charge in [-0.15, -0.1) is 0 Å². The largest absolute Gasteiger partial charge is 0.478 e. The number of amidine groups is 1. The maximum Gasteiger partial charge on any atom is 0.335 e. The van der Waals surface area contributed by atoms with E-state index in [2.05, 4.69) is 31.2 Å². The normalized spacial score (nSPS) is 17.1. The number of carboxylic acids is 1. The number of rotatable bonds is 3. The molecule has 0 saturated heterocycles. The second kappa shape index (κ2) is 6.93. The van der Waals surface area contributed by atoms with Crippen molar-refractivity contribution in [2.24, 2.45) is 4.99 Å². The molecule has 1 aromatic heterocycles. The average Bonchev–Trinajstić information content (AvgIpc) is 2.54. The third-order valence-corrected chi connectivity index (χ3v) is 4.70. The Kier molecular flexibility index (Phi) is 4.87. The number of allylic oxidation sites excluding steroid dienone is 1. The van der Waals surface area contributed by atoms with Crippen LogP contribution in [0.2, 0.25) is 5.02 Å². The number of aliphatic imine (C=N–C) groups is 1. The third-order valence-electron chi connectivity index (χ3n) is 3.71. The molecule has 2 aromatic rings. The third kappa shape index (κ3) is 3.43. The highest BCUT2D eigenvalue weighted by atomic mass is 79.9. The van der Waals surface area contributed by atoms with Crippen molar-refractivity contribution in [2.75, 3.05) is 0 Å². The van der Waals surface area contributed by atoms with Crippen molar-refractivity contribution >= 4 is 39.3 Å². The molecule has 25 heavy (non-hydrogen) atoms. The van der Waals surface area contributed by atoms with Crippen molar-refractivity contribution in [1.29, 1.82) is 0 Å². The number of aliphatic carboxylic acids is 1. The summed E-state index contributed by atoms with van der Waals surface area (Å²) < 4.78 is 13.8. The monoisotopic (exact) mass is 423 g/mol. The van der Waals surface area contributed by atoms with E-state index in [1.54, 1.807) is 25.3 Å². The van der Waals surface area contributed by atoms with Crippen LogP contribution in [0.3, 0.4) is 0 Å². The van der Waals surface area contributed by atoms with Crippen LogP contribution in [0.25, 0.3) is 0 Å². The van der Waals surface area contributed by atoms with E-state index in [1.807, 2.05) is 0 Å². The molecule has 2 N–H and O–H groups in total. The van der Waals surface area contributed by atoms with E-state index in [0.29, 0.717) is 32.3 Å². The lowest BCUT2D eigenvalue weighted by Gasteiger charge is -2.25. The van der Waals surface area contributed by atoms with Crippen LogP contribution in [-0.2, 0) is 4.79 Å². The number of carboxylic acid groups (broad SMARTS) is 1. The fourth-order valence-corrected chi connectivity index (χ4v) is 3.36. The topological polar surface area (TPSA) is 74.6 Å². The van der Waals surface area contributed by atoms with Crippen LogP contribution >= 0.6 is 27.5 Å². The highest BCUT2D eigenvalue weighted by Crippen LogP contribution is 2.36. The molecule has 0 bridgehead atoms. The van der Waals surface area contributed by atoms with Gasteiger partial charge in [0.1, 0.15) is 17.6 Å². The number of nitrogens with one attached hydrogen (secondary N) is 1. The van der Waals surface area contributed by atoms with E-state index in [-0.39, 0.29) is 5.57 Å². The Morgan fingerprint density at radius 3 is 2.80 bits per heavy atom. The smallest absolute Gasteiger partial charge is 0.335 e. The Balaban J connectivity index is 2.17. The Morgan fingerprint density at radius 1 is 1.40 bits per heavy atom. The molecular formula is C17H12BrClFN3O2. The lowest BCUT2D eigenvalue weighted by molar-refractivity contribution is -0.133. The summed E-state index contributed by atoms with van der Waals surface area (Å²) in [6.45, 7) is 1.64. The second-order valence-electron chi connectivity index (χ2n) is 5.35. The molecule has 0 fully saturated rings. The second-order valence-corrected chi connectivity index (χ2v) is 6.61. The van der Waals surface area contributed by atoms with Crippen molar-refractivity contribution in [3.63, 3.8) is 0 Å². The molecule has 0 saturated carbocycles. The van der Waals surface area contributed by atoms with Crippen LogP contribution in [0, 0.1) is 5.82 Å². The molecule has 0 aliphatic carbocycles. The van der Waals surface area contributed by atoms with Crippen LogP contribution in [-0.4, -0.2) is 21.9 Å². The maximum atomic E-state index is 13.4. The summed E-state index contributed by atoms with van der Waals surface area (Å²) in [5, 5.41) is 12.9. The van der Waals surface area contributed by atoms with Gasteiger partial charge in [0.2, 0.25) is 0 Å². The lowest BCUT2D eigenvalue weighted by atomic mass is 9.96. The SMILES string of the molecule is CC1=C(C(=O)O)C(c2ccc(F)cc2Br)N=C(c2ncccc2Cl)N1. The summed E-state index contributed by atoms with van der Waals surface area (Å²) in [6, 6.07) is 6.57. The van der Waals surface area contributed by atoms with Gasteiger partial charge in [-0.2, -0.15) is 0 Å². The van der Waals surface area contributed by atoms with Gasteiger partial charge in [0.25, 0.3) is 0 Å². The average molecular weight is 425 g/mol. The number of hydrogen-bond donors (Lipinski definition) is 2. The van der Waals surface area contributed by atoms with Crippen LogP contribution in [0.1, 0.15) is 24.2 Å². The van der Waals surface area contributed by atoms with E-state index in [0.717, 1.165) is 0 Å². The summed E-state index contributed by atoms with van der Waals surface area (Å²) in [6.07, 6.45) is 1.57. The molecule has 5 nitrogen and oxygen atoms in total. The zero-order chi connectivity index (χ0) is 18.1. The summed E-state index contributed by atoms with van der Waals surface area (Å²) in [7, 11) is 0. The molecule has 2 heterocycles. The number of pyridine rings is 1. The lowest BCUT2D eigenvalue weighted by Crippen LogP contribution is -2.33. The first kappa shape index (κ1) is 17.6. The number of halogens is 3. The highest BCUT2D eigenvalue weighted by Gasteiger charge is 2.31. The zero-order valence-electron chi connectivity index (χ0n) is 12.9. The van der Waals surface area contributed by atoms with E-state index in [1.165, 1.54) is 18.2 Å². The maximum absolute atomic E-state index is 13.4. The van der Waals surface area contributed by atoms with E-state index >= 15 is 0 Å². The summed E-state index contributed by atoms with van der Waals surface area (Å²) >= 11 is 9.46. The van der Waals surface area contributed by atoms with E-state index in [4.69, 9.17) is 11.6 Å². The molecular weight excluding hydrogens is 413 g/mol. The van der Waals surface area contributed by atoms with Gasteiger partial charge in [0.15, 0.2) is 5.84 Å². The Morgan fingerprint density at radius 2 is 2.16 bits per heavy atom. The predicted molar refractivity (Wildman–Crippen MR) is 96.1 cm³/mol. The van der Waals surface area contributed by atoms with Crippen LogP contribution in [0.4, 0.5) is 4.39 Å². The van der Waals surface area contributed by atoms with Crippen LogP contribution in [0.5, 0.6) is 0 Å². The highest BCUT2D eigenvalue weighted by molar-refractivity contribution is 9.10. The molecule has 8 heteroatoms. The molecule has 0 amide bonds. The zero-order valence-corrected chi connectivity index (χ0v) is 15.3. The van der Waals surface area contributed by atoms with Crippen molar-refractivity contribution in [1.82, 2.24) is 10.3 Å². The number of carbonyl (C=O) groups is 1. The molecule has 0 radical (unpaired) electrons. The van der Waals surface area contributed by atoms with Gasteiger partial charge in [-0.05, 0) is 36.8 Å². The molecule has 1 atom stereocenters. The van der Waals surface area contributed by atoms with Gasteiger partial charge in [0.05, 0.1) is 10.6 Å². The van der Waals surface area contributed by atoms with E-state index in [9.17, 15) is 14.3 Å². The Hall–Kier alpha value is -2.25. The molecule has 1 unspecified atom stereocenters. The van der Waals surface area contributed by atoms with Gasteiger partial charge in [-0.25, -0.2) is 9.18 Å². The number of nitrogens with zero attached hydrogens (tertiary/aromatic N) is 2. The van der Waals surface area contributed by atoms with Crippen LogP contribution < -0.4 is 5.32 Å². The molecule has 1 aromatic carbocycles. The van der Waals surface area contributed by atoms with Gasteiger partial charge < -0.3 is 10.4 Å². The fraction of sp³-hybridized carbons (Fsp3) is 0.118. The summed E-state index contributed by atoms with van der Waals surface area (Å²) in [5.41, 5.74) is 1.43. The number of aromatic nitrogens is 1. The Bertz CT molecular complexity index is 930. The fourth-order valence-electron chi connectivity index (χ4n) is 2.58. The van der Waals surface area contributed by atoms with Crippen molar-refractivity contribution in [3.8, 4) is 0 Å². The van der Waals surface area contributed by atoms with Gasteiger partial charge in [-0.3, -0.25) is 9.98 Å². The predicted octanol–water partition coefficient (Wildman–Crippen LogP) is 4.09. The Labute approximate surface area is 156 Å². The first-order chi connectivity index (χ1) is 11.9. The minimum absolute atomic E-state index is 0.0723. The van der Waals surface area contributed by atoms with E-state index < -0.39 is 17.8 Å². The van der Waals surface area contributed by atoms with Crippen molar-refractivity contribution in [2.45, 2.75) is 13.0 Å². The van der Waals surface area contributed by atoms with Crippen molar-refractivity contribution < 1.29 is 14.3 Å². The van der Waals surface area contributed by atoms with Gasteiger partial charge in [-0.1, -0.05) is 33.6 Å². The number of hydrogen-bond acceptors (Lipinski definition) is 4. The van der Waals surface area contributed by atoms with Gasteiger partial charge >= 0.3 is 5.97 Å². The number of benzene rings is 1. The minimum atomic E-state index is -1.11. The first-order valence-corrected chi connectivity index (χ1v) is 8.40. The molecule has 1 aliphatic heterocycles. The molecule has 3 rings (SSSR count).